The predicted molar refractivity (Wildman–Crippen MR) is 85.0 cm³/mol. The first kappa shape index (κ1) is 13.2. The molecule has 0 unspecified atom stereocenters. The molecule has 0 fully saturated rings. The Hall–Kier alpha value is -2.75. The second kappa shape index (κ2) is 5.71. The third kappa shape index (κ3) is 2.89. The lowest BCUT2D eigenvalue weighted by atomic mass is 10.1. The van der Waals surface area contributed by atoms with Crippen molar-refractivity contribution in [2.75, 3.05) is 12.4 Å². The Bertz CT molecular complexity index is 736. The molecule has 1 N–H and O–H groups in total. The molecular formula is C17H16N4. The van der Waals surface area contributed by atoms with Crippen LogP contribution in [-0.2, 0) is 0 Å². The number of nitrogens with one attached hydrogen (secondary N) is 1. The number of aromatic nitrogens is 3. The van der Waals surface area contributed by atoms with Crippen LogP contribution < -0.4 is 5.32 Å². The molecule has 0 amide bonds. The van der Waals surface area contributed by atoms with Gasteiger partial charge < -0.3 is 5.32 Å². The zero-order valence-electron chi connectivity index (χ0n) is 12.0. The van der Waals surface area contributed by atoms with Crippen molar-refractivity contribution in [1.82, 2.24) is 15.0 Å². The Morgan fingerprint density at radius 1 is 0.905 bits per heavy atom. The van der Waals surface area contributed by atoms with E-state index in [4.69, 9.17) is 0 Å². The molecule has 0 aliphatic heterocycles. The van der Waals surface area contributed by atoms with Crippen LogP contribution >= 0.6 is 0 Å². The Morgan fingerprint density at radius 3 is 2.38 bits per heavy atom. The van der Waals surface area contributed by atoms with Crippen molar-refractivity contribution in [3.05, 3.63) is 60.3 Å². The van der Waals surface area contributed by atoms with Crippen LogP contribution in [0.15, 0.2) is 54.7 Å². The number of hydrogen-bond donors (Lipinski definition) is 1. The lowest BCUT2D eigenvalue weighted by Gasteiger charge is -2.08. The molecule has 104 valence electrons. The summed E-state index contributed by atoms with van der Waals surface area (Å²) in [6, 6.07) is 16.0. The van der Waals surface area contributed by atoms with Crippen LogP contribution in [0.3, 0.4) is 0 Å². The van der Waals surface area contributed by atoms with Crippen molar-refractivity contribution in [1.29, 1.82) is 0 Å². The molecule has 2 heterocycles. The van der Waals surface area contributed by atoms with E-state index in [1.807, 2.05) is 68.7 Å². The third-order valence-corrected chi connectivity index (χ3v) is 3.19. The first-order valence-electron chi connectivity index (χ1n) is 6.81. The fourth-order valence-corrected chi connectivity index (χ4v) is 2.05. The van der Waals surface area contributed by atoms with E-state index >= 15 is 0 Å². The fourth-order valence-electron chi connectivity index (χ4n) is 2.05. The highest BCUT2D eigenvalue weighted by molar-refractivity contribution is 5.66. The molecule has 0 radical (unpaired) electrons. The van der Waals surface area contributed by atoms with Crippen LogP contribution in [0.5, 0.6) is 0 Å². The van der Waals surface area contributed by atoms with Crippen molar-refractivity contribution in [3.8, 4) is 22.8 Å². The van der Waals surface area contributed by atoms with E-state index < -0.39 is 0 Å². The molecule has 0 saturated carbocycles. The van der Waals surface area contributed by atoms with Gasteiger partial charge in [0.05, 0.1) is 5.69 Å². The van der Waals surface area contributed by atoms with Crippen LogP contribution in [0.2, 0.25) is 0 Å². The topological polar surface area (TPSA) is 50.7 Å². The van der Waals surface area contributed by atoms with Gasteiger partial charge in [-0.05, 0) is 18.6 Å². The standard InChI is InChI=1S/C17H16N4/c1-12-8-9-14(19-11-12)17-20-15(10-16(18-2)21-17)13-6-4-3-5-7-13/h3-11H,1-2H3,(H,18,20,21). The van der Waals surface area contributed by atoms with Gasteiger partial charge in [0, 0.05) is 24.9 Å². The summed E-state index contributed by atoms with van der Waals surface area (Å²) in [5.41, 5.74) is 3.83. The van der Waals surface area contributed by atoms with Crippen LogP contribution in [-0.4, -0.2) is 22.0 Å². The third-order valence-electron chi connectivity index (χ3n) is 3.19. The van der Waals surface area contributed by atoms with Gasteiger partial charge in [-0.25, -0.2) is 9.97 Å². The predicted octanol–water partition coefficient (Wildman–Crippen LogP) is 3.56. The molecule has 0 bridgehead atoms. The molecule has 3 rings (SSSR count). The van der Waals surface area contributed by atoms with E-state index in [9.17, 15) is 0 Å². The zero-order valence-corrected chi connectivity index (χ0v) is 12.0. The maximum Gasteiger partial charge on any atom is 0.180 e. The number of nitrogens with zero attached hydrogens (tertiary/aromatic N) is 3. The Morgan fingerprint density at radius 2 is 1.71 bits per heavy atom. The Kier molecular flexibility index (Phi) is 3.60. The summed E-state index contributed by atoms with van der Waals surface area (Å²) in [6.07, 6.45) is 1.83. The van der Waals surface area contributed by atoms with Crippen LogP contribution in [0.25, 0.3) is 22.8 Å². The monoisotopic (exact) mass is 276 g/mol. The maximum atomic E-state index is 4.64. The second-order valence-corrected chi connectivity index (χ2v) is 4.80. The van der Waals surface area contributed by atoms with Gasteiger partial charge in [-0.1, -0.05) is 36.4 Å². The van der Waals surface area contributed by atoms with E-state index in [-0.39, 0.29) is 0 Å². The van der Waals surface area contributed by atoms with Gasteiger partial charge >= 0.3 is 0 Å². The average molecular weight is 276 g/mol. The van der Waals surface area contributed by atoms with Crippen molar-refractivity contribution in [3.63, 3.8) is 0 Å². The highest BCUT2D eigenvalue weighted by Gasteiger charge is 2.08. The second-order valence-electron chi connectivity index (χ2n) is 4.80. The smallest absolute Gasteiger partial charge is 0.180 e. The van der Waals surface area contributed by atoms with E-state index in [0.717, 1.165) is 28.3 Å². The fraction of sp³-hybridized carbons (Fsp3) is 0.118. The van der Waals surface area contributed by atoms with Gasteiger partial charge in [-0.15, -0.1) is 0 Å². The number of benzene rings is 1. The minimum Gasteiger partial charge on any atom is -0.373 e. The van der Waals surface area contributed by atoms with E-state index in [1.54, 1.807) is 0 Å². The first-order valence-corrected chi connectivity index (χ1v) is 6.81. The zero-order chi connectivity index (χ0) is 14.7. The van der Waals surface area contributed by atoms with Gasteiger partial charge in [-0.2, -0.15) is 0 Å². The molecule has 0 spiro atoms. The van der Waals surface area contributed by atoms with Gasteiger partial charge in [0.15, 0.2) is 5.82 Å². The minimum absolute atomic E-state index is 0.626. The molecule has 1 aromatic carbocycles. The van der Waals surface area contributed by atoms with Gasteiger partial charge in [-0.3, -0.25) is 4.98 Å². The molecule has 0 aliphatic carbocycles. The number of anilines is 1. The summed E-state index contributed by atoms with van der Waals surface area (Å²) in [6.45, 7) is 2.01. The van der Waals surface area contributed by atoms with Crippen molar-refractivity contribution in [2.24, 2.45) is 0 Å². The lowest BCUT2D eigenvalue weighted by Crippen LogP contribution is -1.99. The Balaban J connectivity index is 2.11. The van der Waals surface area contributed by atoms with Gasteiger partial charge in [0.1, 0.15) is 11.5 Å². The Labute approximate surface area is 123 Å². The largest absolute Gasteiger partial charge is 0.373 e. The molecule has 0 saturated heterocycles. The summed E-state index contributed by atoms with van der Waals surface area (Å²) in [7, 11) is 1.85. The molecule has 0 atom stereocenters. The van der Waals surface area contributed by atoms with Gasteiger partial charge in [0.25, 0.3) is 0 Å². The lowest BCUT2D eigenvalue weighted by molar-refractivity contribution is 1.13. The molecular weight excluding hydrogens is 260 g/mol. The van der Waals surface area contributed by atoms with Crippen molar-refractivity contribution < 1.29 is 0 Å². The van der Waals surface area contributed by atoms with Crippen LogP contribution in [0.4, 0.5) is 5.82 Å². The summed E-state index contributed by atoms with van der Waals surface area (Å²) >= 11 is 0. The van der Waals surface area contributed by atoms with Crippen molar-refractivity contribution >= 4 is 5.82 Å². The van der Waals surface area contributed by atoms with Crippen molar-refractivity contribution in [2.45, 2.75) is 6.92 Å². The molecule has 2 aromatic heterocycles. The quantitative estimate of drug-likeness (QED) is 0.794. The number of aryl methyl sites for hydroxylation is 1. The normalized spacial score (nSPS) is 10.4. The highest BCUT2D eigenvalue weighted by Crippen LogP contribution is 2.23. The van der Waals surface area contributed by atoms with E-state index in [1.165, 1.54) is 0 Å². The number of hydrogen-bond acceptors (Lipinski definition) is 4. The summed E-state index contributed by atoms with van der Waals surface area (Å²) in [5, 5.41) is 3.08. The molecule has 4 nitrogen and oxygen atoms in total. The van der Waals surface area contributed by atoms with Gasteiger partial charge in [0.2, 0.25) is 0 Å². The van der Waals surface area contributed by atoms with Crippen LogP contribution in [0.1, 0.15) is 5.56 Å². The number of pyridine rings is 1. The maximum absolute atomic E-state index is 4.64. The van der Waals surface area contributed by atoms with Crippen LogP contribution in [0, 0.1) is 6.92 Å². The molecule has 3 aromatic rings. The molecule has 4 heteroatoms. The van der Waals surface area contributed by atoms with E-state index in [2.05, 4.69) is 20.3 Å². The summed E-state index contributed by atoms with van der Waals surface area (Å²) < 4.78 is 0. The minimum atomic E-state index is 0.626. The molecule has 21 heavy (non-hydrogen) atoms. The van der Waals surface area contributed by atoms with E-state index in [0.29, 0.717) is 5.82 Å². The SMILES string of the molecule is CNc1cc(-c2ccccc2)nc(-c2ccc(C)cn2)n1. The first-order chi connectivity index (χ1) is 10.3. The highest BCUT2D eigenvalue weighted by atomic mass is 15.0. The number of rotatable bonds is 3. The molecule has 0 aliphatic rings. The average Bonchev–Trinajstić information content (AvgIpc) is 2.56. The summed E-state index contributed by atoms with van der Waals surface area (Å²) in [4.78, 5) is 13.5. The summed E-state index contributed by atoms with van der Waals surface area (Å²) in [5.74, 6) is 1.40.